The lowest BCUT2D eigenvalue weighted by atomic mass is 9.99. The highest BCUT2D eigenvalue weighted by molar-refractivity contribution is 14.0. The van der Waals surface area contributed by atoms with Crippen molar-refractivity contribution in [1.82, 2.24) is 15.1 Å². The average Bonchev–Trinajstić information content (AvgIpc) is 2.52. The van der Waals surface area contributed by atoms with Crippen LogP contribution in [0.15, 0.2) is 17.6 Å². The second-order valence-electron chi connectivity index (χ2n) is 6.56. The number of aliphatic imine (C=N–C) groups is 1. The van der Waals surface area contributed by atoms with Crippen LogP contribution in [0.5, 0.6) is 0 Å². The summed E-state index contributed by atoms with van der Waals surface area (Å²) in [6.07, 6.45) is 9.42. The molecule has 0 unspecified atom stereocenters. The van der Waals surface area contributed by atoms with E-state index in [9.17, 15) is 0 Å². The molecule has 0 saturated carbocycles. The molecule has 0 amide bonds. The fourth-order valence-electron chi connectivity index (χ4n) is 2.91. The number of likely N-dealkylation sites (tertiary alicyclic amines) is 1. The fraction of sp³-hybridized carbons (Fsp3) is 0.833. The van der Waals surface area contributed by atoms with Crippen molar-refractivity contribution < 1.29 is 0 Å². The monoisotopic (exact) mass is 436 g/mol. The van der Waals surface area contributed by atoms with E-state index in [-0.39, 0.29) is 24.0 Å². The molecule has 0 radical (unpaired) electrons. The van der Waals surface area contributed by atoms with E-state index in [1.807, 2.05) is 13.1 Å². The van der Waals surface area contributed by atoms with E-state index < -0.39 is 0 Å². The van der Waals surface area contributed by atoms with Crippen LogP contribution in [0.3, 0.4) is 0 Å². The normalized spacial score (nSPS) is 16.7. The Balaban J connectivity index is 0.00000484. The average molecular weight is 436 g/mol. The molecule has 136 valence electrons. The molecule has 0 aliphatic carbocycles. The maximum atomic E-state index is 4.36. The summed E-state index contributed by atoms with van der Waals surface area (Å²) in [5.41, 5.74) is 0. The molecule has 1 N–H and O–H groups in total. The van der Waals surface area contributed by atoms with Gasteiger partial charge in [-0.2, -0.15) is 0 Å². The molecule has 0 bridgehead atoms. The van der Waals surface area contributed by atoms with Crippen molar-refractivity contribution in [2.45, 2.75) is 45.4 Å². The summed E-state index contributed by atoms with van der Waals surface area (Å²) in [6.45, 7) is 12.0. The van der Waals surface area contributed by atoms with Gasteiger partial charge in [-0.05, 0) is 64.1 Å². The molecule has 23 heavy (non-hydrogen) atoms. The molecule has 5 heteroatoms. The Kier molecular flexibility index (Phi) is 13.9. The van der Waals surface area contributed by atoms with Crippen LogP contribution < -0.4 is 5.32 Å². The van der Waals surface area contributed by atoms with Gasteiger partial charge in [0.25, 0.3) is 0 Å². The highest BCUT2D eigenvalue weighted by atomic mass is 127. The van der Waals surface area contributed by atoms with Crippen LogP contribution in [0.4, 0.5) is 0 Å². The first-order valence-corrected chi connectivity index (χ1v) is 8.92. The zero-order valence-electron chi connectivity index (χ0n) is 15.4. The minimum absolute atomic E-state index is 0. The number of rotatable bonds is 9. The summed E-state index contributed by atoms with van der Waals surface area (Å²) in [4.78, 5) is 9.18. The van der Waals surface area contributed by atoms with Crippen molar-refractivity contribution in [2.24, 2.45) is 10.9 Å². The number of nitrogens with zero attached hydrogens (tertiary/aromatic N) is 3. The minimum Gasteiger partial charge on any atom is -0.356 e. The van der Waals surface area contributed by atoms with Gasteiger partial charge in [0.2, 0.25) is 0 Å². The summed E-state index contributed by atoms with van der Waals surface area (Å²) >= 11 is 0. The number of halogens is 1. The largest absolute Gasteiger partial charge is 0.356 e. The van der Waals surface area contributed by atoms with E-state index in [1.54, 1.807) is 0 Å². The van der Waals surface area contributed by atoms with Crippen molar-refractivity contribution in [3.63, 3.8) is 0 Å². The number of nitrogens with one attached hydrogen (secondary N) is 1. The van der Waals surface area contributed by atoms with Crippen molar-refractivity contribution >= 4 is 29.9 Å². The van der Waals surface area contributed by atoms with Gasteiger partial charge in [0.1, 0.15) is 0 Å². The van der Waals surface area contributed by atoms with Gasteiger partial charge in [-0.1, -0.05) is 13.0 Å². The molecule has 1 fully saturated rings. The van der Waals surface area contributed by atoms with Crippen molar-refractivity contribution in [3.8, 4) is 0 Å². The topological polar surface area (TPSA) is 30.9 Å². The molecule has 1 saturated heterocycles. The maximum Gasteiger partial charge on any atom is 0.193 e. The predicted octanol–water partition coefficient (Wildman–Crippen LogP) is 3.59. The third-order valence-electron chi connectivity index (χ3n) is 4.54. The Hall–Kier alpha value is -0.300. The molecule has 0 aromatic heterocycles. The Morgan fingerprint density at radius 1 is 1.30 bits per heavy atom. The van der Waals surface area contributed by atoms with E-state index in [4.69, 9.17) is 0 Å². The minimum atomic E-state index is 0. The van der Waals surface area contributed by atoms with Gasteiger partial charge in [-0.15, -0.1) is 30.6 Å². The van der Waals surface area contributed by atoms with Crippen LogP contribution in [0.1, 0.15) is 45.4 Å². The molecule has 4 nitrogen and oxygen atoms in total. The second kappa shape index (κ2) is 14.1. The Bertz CT molecular complexity index is 325. The van der Waals surface area contributed by atoms with Crippen molar-refractivity contribution in [2.75, 3.05) is 46.8 Å². The highest BCUT2D eigenvalue weighted by Gasteiger charge is 2.14. The zero-order valence-corrected chi connectivity index (χ0v) is 17.7. The van der Waals surface area contributed by atoms with Gasteiger partial charge in [0.05, 0.1) is 0 Å². The number of piperidine rings is 1. The zero-order chi connectivity index (χ0) is 16.2. The molecule has 1 heterocycles. The lowest BCUT2D eigenvalue weighted by molar-refractivity contribution is 0.189. The van der Waals surface area contributed by atoms with Crippen LogP contribution >= 0.6 is 24.0 Å². The summed E-state index contributed by atoms with van der Waals surface area (Å²) < 4.78 is 0. The molecule has 1 aliphatic heterocycles. The predicted molar refractivity (Wildman–Crippen MR) is 113 cm³/mol. The number of allylic oxidation sites excluding steroid dienone is 1. The fourth-order valence-corrected chi connectivity index (χ4v) is 2.91. The van der Waals surface area contributed by atoms with Gasteiger partial charge in [0.15, 0.2) is 5.96 Å². The van der Waals surface area contributed by atoms with Gasteiger partial charge in [-0.3, -0.25) is 4.99 Å². The number of unbranched alkanes of at least 4 members (excludes halogenated alkanes) is 2. The molecule has 0 atom stereocenters. The SMILES string of the molecule is C=CCCCN(C)C(=NC)NCCCCN1CCC(C)CC1.I. The Labute approximate surface area is 160 Å². The third-order valence-corrected chi connectivity index (χ3v) is 4.54. The molecular formula is C18H37IN4. The van der Waals surface area contributed by atoms with Crippen LogP contribution in [0.2, 0.25) is 0 Å². The van der Waals surface area contributed by atoms with E-state index in [2.05, 4.69) is 40.7 Å². The number of hydrogen-bond donors (Lipinski definition) is 1. The molecule has 0 aromatic carbocycles. The summed E-state index contributed by atoms with van der Waals surface area (Å²) in [5, 5.41) is 3.47. The standard InChI is InChI=1S/C18H36N4.HI/c1-5-6-8-13-21(4)18(19-3)20-12-7-9-14-22-15-10-17(2)11-16-22;/h5,17H,1,6-16H2,2-4H3,(H,19,20);1H. The van der Waals surface area contributed by atoms with Gasteiger partial charge >= 0.3 is 0 Å². The van der Waals surface area contributed by atoms with E-state index in [0.717, 1.165) is 37.8 Å². The van der Waals surface area contributed by atoms with Crippen LogP contribution in [-0.2, 0) is 0 Å². The first-order chi connectivity index (χ1) is 10.7. The lowest BCUT2D eigenvalue weighted by Crippen LogP contribution is -2.40. The smallest absolute Gasteiger partial charge is 0.193 e. The molecular weight excluding hydrogens is 399 g/mol. The second-order valence-corrected chi connectivity index (χ2v) is 6.56. The van der Waals surface area contributed by atoms with Crippen LogP contribution in [0, 0.1) is 5.92 Å². The Morgan fingerprint density at radius 3 is 2.61 bits per heavy atom. The maximum absolute atomic E-state index is 4.36. The first kappa shape index (κ1) is 22.7. The Morgan fingerprint density at radius 2 is 2.00 bits per heavy atom. The highest BCUT2D eigenvalue weighted by Crippen LogP contribution is 2.15. The van der Waals surface area contributed by atoms with Crippen molar-refractivity contribution in [3.05, 3.63) is 12.7 Å². The van der Waals surface area contributed by atoms with E-state index >= 15 is 0 Å². The molecule has 1 aliphatic rings. The molecule has 1 rings (SSSR count). The quantitative estimate of drug-likeness (QED) is 0.197. The van der Waals surface area contributed by atoms with Gasteiger partial charge in [-0.25, -0.2) is 0 Å². The van der Waals surface area contributed by atoms with Crippen LogP contribution in [-0.4, -0.2) is 62.6 Å². The first-order valence-electron chi connectivity index (χ1n) is 8.92. The third kappa shape index (κ3) is 10.2. The lowest BCUT2D eigenvalue weighted by Gasteiger charge is -2.30. The number of hydrogen-bond acceptors (Lipinski definition) is 2. The summed E-state index contributed by atoms with van der Waals surface area (Å²) in [6, 6.07) is 0. The van der Waals surface area contributed by atoms with Crippen molar-refractivity contribution in [1.29, 1.82) is 0 Å². The van der Waals surface area contributed by atoms with Gasteiger partial charge < -0.3 is 15.1 Å². The van der Waals surface area contributed by atoms with E-state index in [0.29, 0.717) is 0 Å². The van der Waals surface area contributed by atoms with Gasteiger partial charge in [0, 0.05) is 27.2 Å². The van der Waals surface area contributed by atoms with E-state index in [1.165, 1.54) is 45.3 Å². The molecule has 0 spiro atoms. The summed E-state index contributed by atoms with van der Waals surface area (Å²) in [5.74, 6) is 1.94. The molecule has 0 aromatic rings. The number of guanidine groups is 1. The van der Waals surface area contributed by atoms with Crippen LogP contribution in [0.25, 0.3) is 0 Å². The summed E-state index contributed by atoms with van der Waals surface area (Å²) in [7, 11) is 3.97.